The fourth-order valence-corrected chi connectivity index (χ4v) is 5.36. The lowest BCUT2D eigenvalue weighted by Crippen LogP contribution is -2.17. The van der Waals surface area contributed by atoms with E-state index in [1.165, 1.54) is 18.2 Å². The average Bonchev–Trinajstić information content (AvgIpc) is 3.05. The van der Waals surface area contributed by atoms with Crippen molar-refractivity contribution in [2.24, 2.45) is 0 Å². The molecule has 0 amide bonds. The number of carbonyl (C=O) groups excluding carboxylic acids is 1. The molecule has 0 radical (unpaired) electrons. The SMILES string of the molecule is CCc1cc(Cc2ccc(C(OO)c3c(C(=O)O)cccc3[N+](=O)[O-])c(CC)c2)ccc1OC(=O)c1c(C(=O)O)cccc1[N+](=O)[O-]. The third-order valence-corrected chi connectivity index (χ3v) is 7.54. The Morgan fingerprint density at radius 2 is 1.32 bits per heavy atom. The zero-order valence-corrected chi connectivity index (χ0v) is 25.0. The van der Waals surface area contributed by atoms with Crippen LogP contribution in [0.1, 0.15) is 84.4 Å². The van der Waals surface area contributed by atoms with Crippen LogP contribution in [-0.4, -0.2) is 43.2 Å². The van der Waals surface area contributed by atoms with E-state index in [1.54, 1.807) is 37.3 Å². The van der Waals surface area contributed by atoms with Crippen molar-refractivity contribution in [3.8, 4) is 5.75 Å². The summed E-state index contributed by atoms with van der Waals surface area (Å²) in [5.74, 6) is -4.04. The van der Waals surface area contributed by atoms with E-state index in [-0.39, 0.29) is 11.3 Å². The Kier molecular flexibility index (Phi) is 10.4. The van der Waals surface area contributed by atoms with Crippen molar-refractivity contribution in [3.63, 3.8) is 0 Å². The molecule has 4 rings (SSSR count). The molecule has 242 valence electrons. The first-order chi connectivity index (χ1) is 22.4. The number of benzene rings is 4. The molecular weight excluding hydrogens is 616 g/mol. The highest BCUT2D eigenvalue weighted by molar-refractivity contribution is 6.06. The number of carbonyl (C=O) groups is 3. The molecular formula is C33H28N2O12. The van der Waals surface area contributed by atoms with E-state index in [1.807, 2.05) is 6.92 Å². The Bertz CT molecular complexity index is 1840. The van der Waals surface area contributed by atoms with Gasteiger partial charge in [0.15, 0.2) is 11.7 Å². The van der Waals surface area contributed by atoms with Gasteiger partial charge >= 0.3 is 17.9 Å². The summed E-state index contributed by atoms with van der Waals surface area (Å²) in [6, 6.07) is 16.9. The monoisotopic (exact) mass is 644 g/mol. The zero-order valence-electron chi connectivity index (χ0n) is 25.0. The van der Waals surface area contributed by atoms with Gasteiger partial charge in [0.1, 0.15) is 5.75 Å². The maximum atomic E-state index is 13.0. The lowest BCUT2D eigenvalue weighted by molar-refractivity contribution is -0.387. The zero-order chi connectivity index (χ0) is 34.4. The summed E-state index contributed by atoms with van der Waals surface area (Å²) in [7, 11) is 0. The van der Waals surface area contributed by atoms with Crippen LogP contribution in [0, 0.1) is 20.2 Å². The molecule has 1 atom stereocenters. The van der Waals surface area contributed by atoms with Gasteiger partial charge in [0.25, 0.3) is 11.4 Å². The number of rotatable bonds is 13. The summed E-state index contributed by atoms with van der Waals surface area (Å²) >= 11 is 0. The van der Waals surface area contributed by atoms with Crippen molar-refractivity contribution in [2.75, 3.05) is 0 Å². The van der Waals surface area contributed by atoms with E-state index in [0.29, 0.717) is 36.0 Å². The molecule has 14 nitrogen and oxygen atoms in total. The van der Waals surface area contributed by atoms with Gasteiger partial charge in [0.05, 0.1) is 26.5 Å². The number of nitro benzene ring substituents is 2. The smallest absolute Gasteiger partial charge is 0.351 e. The Morgan fingerprint density at radius 3 is 1.87 bits per heavy atom. The van der Waals surface area contributed by atoms with E-state index in [0.717, 1.165) is 35.4 Å². The van der Waals surface area contributed by atoms with Gasteiger partial charge in [-0.1, -0.05) is 56.3 Å². The van der Waals surface area contributed by atoms with E-state index in [2.05, 4.69) is 4.89 Å². The predicted molar refractivity (Wildman–Crippen MR) is 165 cm³/mol. The van der Waals surface area contributed by atoms with Crippen LogP contribution in [0.25, 0.3) is 0 Å². The molecule has 4 aromatic rings. The second-order valence-electron chi connectivity index (χ2n) is 10.3. The van der Waals surface area contributed by atoms with Gasteiger partial charge < -0.3 is 14.9 Å². The highest BCUT2D eigenvalue weighted by Crippen LogP contribution is 2.37. The maximum absolute atomic E-state index is 13.0. The molecule has 3 N–H and O–H groups in total. The fourth-order valence-electron chi connectivity index (χ4n) is 5.36. The summed E-state index contributed by atoms with van der Waals surface area (Å²) in [4.78, 5) is 62.9. The van der Waals surface area contributed by atoms with E-state index in [9.17, 15) is 50.1 Å². The lowest BCUT2D eigenvalue weighted by Gasteiger charge is -2.20. The number of carboxylic acid groups (broad SMARTS) is 2. The lowest BCUT2D eigenvalue weighted by atomic mass is 9.89. The summed E-state index contributed by atoms with van der Waals surface area (Å²) in [5, 5.41) is 52.3. The first-order valence-corrected chi connectivity index (χ1v) is 14.2. The highest BCUT2D eigenvalue weighted by Gasteiger charge is 2.32. The third kappa shape index (κ3) is 7.13. The van der Waals surface area contributed by atoms with Crippen LogP contribution in [0.15, 0.2) is 72.8 Å². The molecule has 47 heavy (non-hydrogen) atoms. The van der Waals surface area contributed by atoms with Crippen molar-refractivity contribution >= 4 is 29.3 Å². The molecule has 4 aromatic carbocycles. The van der Waals surface area contributed by atoms with E-state index in [4.69, 9.17) is 4.74 Å². The number of nitro groups is 2. The Balaban J connectivity index is 1.65. The van der Waals surface area contributed by atoms with Gasteiger partial charge in [-0.3, -0.25) is 25.5 Å². The minimum absolute atomic E-state index is 0.0990. The second-order valence-corrected chi connectivity index (χ2v) is 10.3. The van der Waals surface area contributed by atoms with Crippen molar-refractivity contribution in [1.29, 1.82) is 0 Å². The Hall–Kier alpha value is -5.99. The Morgan fingerprint density at radius 1 is 0.766 bits per heavy atom. The van der Waals surface area contributed by atoms with Crippen molar-refractivity contribution in [3.05, 3.63) is 143 Å². The predicted octanol–water partition coefficient (Wildman–Crippen LogP) is 6.41. The first-order valence-electron chi connectivity index (χ1n) is 14.2. The van der Waals surface area contributed by atoms with Crippen LogP contribution in [0.4, 0.5) is 11.4 Å². The topological polar surface area (TPSA) is 217 Å². The standard InChI is InChI=1S/C33H28N2O12/c1-3-20-16-18(11-13-22(20)30(47-45)28-23(31(36)37)7-5-9-25(28)34(41)42)15-19-12-14-27(21(4-2)17-19)46-33(40)29-24(32(38)39)8-6-10-26(29)35(43)44/h5-14,16-17,30,45H,3-4,15H2,1-2H3,(H,36,37)(H,38,39). The summed E-state index contributed by atoms with van der Waals surface area (Å²) in [5.41, 5.74) is -0.0326. The van der Waals surface area contributed by atoms with Crippen LogP contribution in [0.3, 0.4) is 0 Å². The number of aryl methyl sites for hydroxylation is 2. The van der Waals surface area contributed by atoms with Gasteiger partial charge in [-0.05, 0) is 65.3 Å². The van der Waals surface area contributed by atoms with E-state index >= 15 is 0 Å². The number of ether oxygens (including phenoxy) is 1. The normalized spacial score (nSPS) is 11.5. The largest absolute Gasteiger partial charge is 0.478 e. The van der Waals surface area contributed by atoms with Gasteiger partial charge in [-0.25, -0.2) is 19.3 Å². The van der Waals surface area contributed by atoms with Crippen LogP contribution < -0.4 is 4.74 Å². The number of hydrogen-bond acceptors (Lipinski definition) is 10. The molecule has 0 aliphatic heterocycles. The van der Waals surface area contributed by atoms with Crippen LogP contribution in [0.2, 0.25) is 0 Å². The number of esters is 1. The van der Waals surface area contributed by atoms with Gasteiger partial charge in [0, 0.05) is 12.1 Å². The average molecular weight is 645 g/mol. The number of carboxylic acids is 2. The number of aromatic carboxylic acids is 2. The molecule has 0 aromatic heterocycles. The highest BCUT2D eigenvalue weighted by atomic mass is 17.1. The molecule has 0 aliphatic carbocycles. The van der Waals surface area contributed by atoms with Gasteiger partial charge in [0.2, 0.25) is 0 Å². The summed E-state index contributed by atoms with van der Waals surface area (Å²) < 4.78 is 5.46. The quantitative estimate of drug-likeness (QED) is 0.0473. The second kappa shape index (κ2) is 14.4. The van der Waals surface area contributed by atoms with Crippen molar-refractivity contribution < 1.29 is 49.3 Å². The molecule has 0 bridgehead atoms. The summed E-state index contributed by atoms with van der Waals surface area (Å²) in [6.45, 7) is 3.62. The third-order valence-electron chi connectivity index (χ3n) is 7.54. The van der Waals surface area contributed by atoms with Gasteiger partial charge in [-0.2, -0.15) is 0 Å². The molecule has 14 heteroatoms. The van der Waals surface area contributed by atoms with Crippen LogP contribution in [0.5, 0.6) is 5.75 Å². The fraction of sp³-hybridized carbons (Fsp3) is 0.182. The minimum atomic E-state index is -1.52. The molecule has 1 unspecified atom stereocenters. The number of hydrogen-bond donors (Lipinski definition) is 3. The first kappa shape index (κ1) is 33.9. The molecule has 0 fully saturated rings. The molecule has 0 heterocycles. The van der Waals surface area contributed by atoms with Crippen molar-refractivity contribution in [2.45, 2.75) is 39.2 Å². The minimum Gasteiger partial charge on any atom is -0.478 e. The molecule has 0 saturated heterocycles. The van der Waals surface area contributed by atoms with E-state index < -0.39 is 61.9 Å². The molecule has 0 spiro atoms. The van der Waals surface area contributed by atoms with Crippen LogP contribution in [-0.2, 0) is 24.2 Å². The number of nitrogens with zero attached hydrogens (tertiary/aromatic N) is 2. The van der Waals surface area contributed by atoms with Crippen molar-refractivity contribution in [1.82, 2.24) is 0 Å². The van der Waals surface area contributed by atoms with Crippen LogP contribution >= 0.6 is 0 Å². The van der Waals surface area contributed by atoms with Gasteiger partial charge in [-0.15, -0.1) is 0 Å². The molecule has 0 saturated carbocycles. The Labute approximate surface area is 266 Å². The molecule has 0 aliphatic rings. The summed E-state index contributed by atoms with van der Waals surface area (Å²) in [6.07, 6.45) is -0.284. The maximum Gasteiger partial charge on any atom is 0.351 e.